The van der Waals surface area contributed by atoms with Crippen molar-refractivity contribution in [1.82, 2.24) is 25.8 Å². The number of rotatable bonds is 13. The predicted molar refractivity (Wildman–Crippen MR) is 187 cm³/mol. The fraction of sp³-hybridized carbons (Fsp3) is 0.553. The van der Waals surface area contributed by atoms with Gasteiger partial charge >= 0.3 is 0 Å². The van der Waals surface area contributed by atoms with E-state index in [9.17, 15) is 0 Å². The summed E-state index contributed by atoms with van der Waals surface area (Å²) in [4.78, 5) is 10.1. The lowest BCUT2D eigenvalue weighted by atomic mass is 9.95. The summed E-state index contributed by atoms with van der Waals surface area (Å²) in [6.45, 7) is 13.5. The Kier molecular flexibility index (Phi) is 13.0. The van der Waals surface area contributed by atoms with Gasteiger partial charge in [0.15, 0.2) is 0 Å². The van der Waals surface area contributed by atoms with Crippen molar-refractivity contribution in [2.75, 3.05) is 46.4 Å². The molecule has 7 nitrogen and oxygen atoms in total. The first-order chi connectivity index (χ1) is 22.1. The highest BCUT2D eigenvalue weighted by Gasteiger charge is 2.21. The number of allylic oxidation sites excluding steroid dienone is 3. The van der Waals surface area contributed by atoms with Gasteiger partial charge < -0.3 is 25.6 Å². The molecule has 2 aliphatic heterocycles. The number of benzene rings is 2. The first-order valence-electron chi connectivity index (χ1n) is 17.4. The maximum atomic E-state index is 5.41. The number of methoxy groups -OCH3 is 1. The topological polar surface area (TPSA) is 64.2 Å². The van der Waals surface area contributed by atoms with Crippen LogP contribution in [0.15, 0.2) is 76.6 Å². The number of nitrogens with zero attached hydrogens (tertiary/aromatic N) is 3. The van der Waals surface area contributed by atoms with Crippen molar-refractivity contribution in [1.29, 1.82) is 0 Å². The largest absolute Gasteiger partial charge is 0.497 e. The molecule has 2 aromatic rings. The second-order valence-corrected chi connectivity index (χ2v) is 13.1. The first-order valence-corrected chi connectivity index (χ1v) is 17.4. The number of piperazine rings is 1. The summed E-state index contributed by atoms with van der Waals surface area (Å²) in [5, 5.41) is 11.0. The predicted octanol–water partition coefficient (Wildman–Crippen LogP) is 6.37. The molecule has 3 aliphatic rings. The van der Waals surface area contributed by atoms with Gasteiger partial charge in [-0.2, -0.15) is 0 Å². The second-order valence-electron chi connectivity index (χ2n) is 13.1. The summed E-state index contributed by atoms with van der Waals surface area (Å²) < 4.78 is 5.41. The molecule has 0 spiro atoms. The van der Waals surface area contributed by atoms with Crippen molar-refractivity contribution in [2.24, 2.45) is 4.99 Å². The third-order valence-electron chi connectivity index (χ3n) is 9.50. The van der Waals surface area contributed by atoms with Gasteiger partial charge in [-0.05, 0) is 93.1 Å². The van der Waals surface area contributed by atoms with E-state index in [1.165, 1.54) is 66.5 Å². The highest BCUT2D eigenvalue weighted by molar-refractivity contribution is 5.83. The zero-order valence-corrected chi connectivity index (χ0v) is 28.0. The van der Waals surface area contributed by atoms with Gasteiger partial charge in [-0.25, -0.2) is 4.99 Å². The average Bonchev–Trinajstić information content (AvgIpc) is 3.07. The first kappa shape index (κ1) is 33.2. The molecule has 2 fully saturated rings. The van der Waals surface area contributed by atoms with Crippen LogP contribution in [0.5, 0.6) is 5.75 Å². The molecule has 244 valence electrons. The summed E-state index contributed by atoms with van der Waals surface area (Å²) in [5.74, 6) is 2.01. The molecule has 0 unspecified atom stereocenters. The molecule has 45 heavy (non-hydrogen) atoms. The minimum absolute atomic E-state index is 0.759. The third-order valence-corrected chi connectivity index (χ3v) is 9.50. The zero-order valence-electron chi connectivity index (χ0n) is 28.0. The van der Waals surface area contributed by atoms with E-state index >= 15 is 0 Å². The summed E-state index contributed by atoms with van der Waals surface area (Å²) in [5.41, 5.74) is 7.83. The van der Waals surface area contributed by atoms with Gasteiger partial charge in [0, 0.05) is 69.7 Å². The van der Waals surface area contributed by atoms with Crippen molar-refractivity contribution in [3.05, 3.63) is 88.3 Å². The number of hydrogen-bond donors (Lipinski definition) is 3. The molecule has 2 heterocycles. The molecule has 5 rings (SSSR count). The Morgan fingerprint density at radius 3 is 2.36 bits per heavy atom. The van der Waals surface area contributed by atoms with Gasteiger partial charge in [0.1, 0.15) is 11.6 Å². The number of hydrogen-bond acceptors (Lipinski definition) is 7. The highest BCUT2D eigenvalue weighted by atomic mass is 16.5. The second kappa shape index (κ2) is 17.5. The Morgan fingerprint density at radius 1 is 0.844 bits per heavy atom. The molecule has 0 amide bonds. The lowest BCUT2D eigenvalue weighted by molar-refractivity contribution is 0.154. The average molecular weight is 613 g/mol. The quantitative estimate of drug-likeness (QED) is 0.229. The molecule has 3 N–H and O–H groups in total. The molecule has 1 aliphatic carbocycles. The van der Waals surface area contributed by atoms with Gasteiger partial charge in [-0.1, -0.05) is 55.7 Å². The van der Waals surface area contributed by atoms with Gasteiger partial charge in [0.25, 0.3) is 0 Å². The van der Waals surface area contributed by atoms with Crippen LogP contribution in [-0.2, 0) is 19.6 Å². The van der Waals surface area contributed by atoms with Gasteiger partial charge in [0.05, 0.1) is 7.11 Å². The third kappa shape index (κ3) is 10.7. The van der Waals surface area contributed by atoms with Crippen molar-refractivity contribution >= 4 is 5.84 Å². The highest BCUT2D eigenvalue weighted by Crippen LogP contribution is 2.24. The normalized spacial score (nSPS) is 22.6. The van der Waals surface area contributed by atoms with E-state index in [2.05, 4.69) is 88.1 Å². The van der Waals surface area contributed by atoms with Crippen molar-refractivity contribution in [3.63, 3.8) is 0 Å². The van der Waals surface area contributed by atoms with Crippen LogP contribution in [-0.4, -0.2) is 68.1 Å². The Hall–Kier alpha value is -3.13. The van der Waals surface area contributed by atoms with Crippen LogP contribution in [0.4, 0.5) is 0 Å². The summed E-state index contributed by atoms with van der Waals surface area (Å²) >= 11 is 0. The SMILES string of the molecule is COc1cccc(CN2CCN(C3=C(\C)CC/C(NCc4ccc(CNCCCNC5CCCCC5)cc4)=N/C(C)=C\3)CC2)c1. The zero-order chi connectivity index (χ0) is 31.3. The van der Waals surface area contributed by atoms with E-state index in [4.69, 9.17) is 9.73 Å². The Morgan fingerprint density at radius 2 is 1.60 bits per heavy atom. The molecular weight excluding hydrogens is 556 g/mol. The van der Waals surface area contributed by atoms with Crippen LogP contribution in [0, 0.1) is 0 Å². The van der Waals surface area contributed by atoms with Crippen LogP contribution in [0.3, 0.4) is 0 Å². The van der Waals surface area contributed by atoms with Crippen molar-refractivity contribution < 1.29 is 4.74 Å². The maximum Gasteiger partial charge on any atom is 0.119 e. The van der Waals surface area contributed by atoms with Crippen LogP contribution in [0.2, 0.25) is 0 Å². The van der Waals surface area contributed by atoms with Crippen LogP contribution in [0.25, 0.3) is 0 Å². The van der Waals surface area contributed by atoms with Crippen LogP contribution >= 0.6 is 0 Å². The van der Waals surface area contributed by atoms with Gasteiger partial charge in [-0.15, -0.1) is 0 Å². The van der Waals surface area contributed by atoms with Crippen LogP contribution < -0.4 is 20.7 Å². The fourth-order valence-corrected chi connectivity index (χ4v) is 6.76. The minimum Gasteiger partial charge on any atom is -0.497 e. The molecular formula is C38H56N6O. The fourth-order valence-electron chi connectivity index (χ4n) is 6.76. The number of nitrogens with one attached hydrogen (secondary N) is 3. The Balaban J connectivity index is 1.03. The van der Waals surface area contributed by atoms with Crippen molar-refractivity contribution in [2.45, 2.75) is 90.9 Å². The smallest absolute Gasteiger partial charge is 0.119 e. The maximum absolute atomic E-state index is 5.41. The Bertz CT molecular complexity index is 1290. The number of aliphatic imine (C=N–C) groups is 1. The van der Waals surface area contributed by atoms with Crippen molar-refractivity contribution in [3.8, 4) is 5.75 Å². The van der Waals surface area contributed by atoms with E-state index in [0.29, 0.717) is 0 Å². The standard InChI is InChI=1S/C38H56N6O/c1-30-13-18-38(41-28-33-16-14-32(15-17-33)27-39-19-8-20-40-35-10-5-4-6-11-35)42-31(2)25-37(30)44-23-21-43(22-24-44)29-34-9-7-12-36(26-34)45-3/h7,9,12,14-17,25-26,35,39-40H,4-6,8,10-11,13,18-24,27-29H2,1-3H3,(H,41,42)/b31-25-,37-30+. The molecule has 7 heteroatoms. The molecule has 0 atom stereocenters. The van der Waals surface area contributed by atoms with Gasteiger partial charge in [-0.3, -0.25) is 4.90 Å². The molecule has 1 saturated heterocycles. The van der Waals surface area contributed by atoms with E-state index in [1.807, 2.05) is 6.07 Å². The van der Waals surface area contributed by atoms with Gasteiger partial charge in [0.2, 0.25) is 0 Å². The summed E-state index contributed by atoms with van der Waals surface area (Å²) in [7, 11) is 1.73. The molecule has 2 aromatic carbocycles. The van der Waals surface area contributed by atoms with Crippen LogP contribution in [0.1, 0.15) is 81.9 Å². The van der Waals surface area contributed by atoms with E-state index in [-0.39, 0.29) is 0 Å². The minimum atomic E-state index is 0.759. The monoisotopic (exact) mass is 612 g/mol. The molecule has 1 saturated carbocycles. The molecule has 0 aromatic heterocycles. The lowest BCUT2D eigenvalue weighted by Crippen LogP contribution is -2.45. The summed E-state index contributed by atoms with van der Waals surface area (Å²) in [6, 6.07) is 18.2. The molecule has 0 bridgehead atoms. The molecule has 0 radical (unpaired) electrons. The van der Waals surface area contributed by atoms with E-state index in [0.717, 1.165) is 95.1 Å². The summed E-state index contributed by atoms with van der Waals surface area (Å²) in [6.07, 6.45) is 12.4. The number of ether oxygens (including phenoxy) is 1. The lowest BCUT2D eigenvalue weighted by Gasteiger charge is -2.38. The van der Waals surface area contributed by atoms with E-state index < -0.39 is 0 Å². The Labute approximate surface area is 272 Å². The van der Waals surface area contributed by atoms with E-state index in [1.54, 1.807) is 7.11 Å². The number of amidine groups is 1.